The van der Waals surface area contributed by atoms with E-state index < -0.39 is 23.8 Å². The molecule has 3 aromatic rings. The lowest BCUT2D eigenvalue weighted by Gasteiger charge is -2.11. The van der Waals surface area contributed by atoms with Gasteiger partial charge in [0.1, 0.15) is 16.8 Å². The molecule has 0 aliphatic heterocycles. The minimum Gasteiger partial charge on any atom is -0.480 e. The van der Waals surface area contributed by atoms with Crippen LogP contribution < -0.4 is 4.74 Å². The second-order valence-electron chi connectivity index (χ2n) is 5.43. The summed E-state index contributed by atoms with van der Waals surface area (Å²) in [6.07, 6.45) is -2.44. The largest absolute Gasteiger partial charge is 0.480 e. The van der Waals surface area contributed by atoms with Gasteiger partial charge in [0, 0.05) is 17.6 Å². The van der Waals surface area contributed by atoms with Gasteiger partial charge in [0.15, 0.2) is 0 Å². The molecule has 0 aliphatic rings. The summed E-state index contributed by atoms with van der Waals surface area (Å²) < 4.78 is 44.7. The maximum absolute atomic E-state index is 12.7. The van der Waals surface area contributed by atoms with E-state index in [1.807, 2.05) is 0 Å². The van der Waals surface area contributed by atoms with Crippen molar-refractivity contribution in [1.82, 2.24) is 14.8 Å². The quantitative estimate of drug-likeness (QED) is 0.713. The van der Waals surface area contributed by atoms with Gasteiger partial charge in [-0.3, -0.25) is 4.68 Å². The van der Waals surface area contributed by atoms with Crippen LogP contribution in [-0.2, 0) is 11.0 Å². The Hall–Kier alpha value is -2.81. The topological polar surface area (TPSA) is 77.2 Å². The predicted molar refractivity (Wildman–Crippen MR) is 86.4 cm³/mol. The van der Waals surface area contributed by atoms with Crippen molar-refractivity contribution in [3.63, 3.8) is 0 Å². The summed E-state index contributed by atoms with van der Waals surface area (Å²) in [5.74, 6) is -1.03. The molecular weight excluding hydrogens is 375 g/mol. The van der Waals surface area contributed by atoms with Crippen LogP contribution in [0.1, 0.15) is 18.5 Å². The monoisotopic (exact) mass is 385 g/mol. The molecule has 1 aromatic carbocycles. The van der Waals surface area contributed by atoms with Crippen molar-refractivity contribution in [3.05, 3.63) is 47.2 Å². The molecule has 26 heavy (non-hydrogen) atoms. The van der Waals surface area contributed by atoms with Gasteiger partial charge in [-0.15, -0.1) is 0 Å². The lowest BCUT2D eigenvalue weighted by Crippen LogP contribution is -2.16. The van der Waals surface area contributed by atoms with Gasteiger partial charge in [0.2, 0.25) is 5.88 Å². The van der Waals surface area contributed by atoms with E-state index in [1.54, 1.807) is 12.1 Å². The van der Waals surface area contributed by atoms with E-state index in [2.05, 4.69) is 10.1 Å². The third-order valence-corrected chi connectivity index (χ3v) is 3.91. The first-order valence-electron chi connectivity index (χ1n) is 7.27. The van der Waals surface area contributed by atoms with E-state index >= 15 is 0 Å². The summed E-state index contributed by atoms with van der Waals surface area (Å²) in [5, 5.41) is 13.5. The Bertz CT molecular complexity index is 988. The van der Waals surface area contributed by atoms with Crippen molar-refractivity contribution < 1.29 is 27.8 Å². The normalized spacial score (nSPS) is 13.0. The maximum atomic E-state index is 12.7. The fourth-order valence-electron chi connectivity index (χ4n) is 2.26. The molecule has 0 spiro atoms. The highest BCUT2D eigenvalue weighted by atomic mass is 35.5. The van der Waals surface area contributed by atoms with Crippen LogP contribution in [0.3, 0.4) is 0 Å². The van der Waals surface area contributed by atoms with Crippen LogP contribution in [0.15, 0.2) is 36.7 Å². The van der Waals surface area contributed by atoms with Crippen LogP contribution in [0.4, 0.5) is 13.2 Å². The molecule has 6 nitrogen and oxygen atoms in total. The van der Waals surface area contributed by atoms with Gasteiger partial charge in [-0.05, 0) is 25.1 Å². The number of carboxylic acid groups (broad SMARTS) is 1. The molecule has 10 heteroatoms. The van der Waals surface area contributed by atoms with Gasteiger partial charge in [-0.2, -0.15) is 18.3 Å². The molecule has 0 radical (unpaired) electrons. The molecule has 0 aliphatic carbocycles. The van der Waals surface area contributed by atoms with Crippen LogP contribution >= 0.6 is 11.6 Å². The van der Waals surface area contributed by atoms with E-state index in [9.17, 15) is 18.0 Å². The Balaban J connectivity index is 1.94. The molecule has 1 N–H and O–H groups in total. The van der Waals surface area contributed by atoms with E-state index in [1.165, 1.54) is 23.9 Å². The summed E-state index contributed by atoms with van der Waals surface area (Å²) in [6.45, 7) is 1.47. The highest BCUT2D eigenvalue weighted by Crippen LogP contribution is 2.35. The standard InChI is InChI=1S/C16H11ClF3N3O3/c1-8(15(24)25)23-13-5-11(3-2-9(13)6-22-23)26-14-12(17)4-10(7-21-14)16(18,19)20/h2-8H,1H3,(H,24,25). The van der Waals surface area contributed by atoms with Gasteiger partial charge in [-0.1, -0.05) is 11.6 Å². The Morgan fingerprint density at radius 3 is 2.65 bits per heavy atom. The summed E-state index contributed by atoms with van der Waals surface area (Å²) in [5.41, 5.74) is -0.501. The van der Waals surface area contributed by atoms with E-state index in [0.29, 0.717) is 17.1 Å². The van der Waals surface area contributed by atoms with Crippen molar-refractivity contribution in [2.24, 2.45) is 0 Å². The third kappa shape index (κ3) is 3.43. The number of carboxylic acids is 1. The smallest absolute Gasteiger partial charge is 0.417 e. The summed E-state index contributed by atoms with van der Waals surface area (Å²) in [4.78, 5) is 14.8. The molecule has 3 rings (SSSR count). The number of ether oxygens (including phenoxy) is 1. The van der Waals surface area contributed by atoms with Gasteiger partial charge < -0.3 is 9.84 Å². The van der Waals surface area contributed by atoms with Gasteiger partial charge in [0.25, 0.3) is 0 Å². The zero-order valence-corrected chi connectivity index (χ0v) is 13.9. The number of pyridine rings is 1. The average Bonchev–Trinajstić information content (AvgIpc) is 2.98. The zero-order valence-electron chi connectivity index (χ0n) is 13.2. The fourth-order valence-corrected chi connectivity index (χ4v) is 2.47. The van der Waals surface area contributed by atoms with Gasteiger partial charge in [0.05, 0.1) is 17.3 Å². The molecule has 0 saturated heterocycles. The van der Waals surface area contributed by atoms with Crippen LogP contribution in [0.2, 0.25) is 5.02 Å². The summed E-state index contributed by atoms with van der Waals surface area (Å²) in [6, 6.07) is 4.52. The predicted octanol–water partition coefficient (Wildman–Crippen LogP) is 4.54. The molecule has 1 unspecified atom stereocenters. The number of fused-ring (bicyclic) bond motifs is 1. The van der Waals surface area contributed by atoms with Crippen LogP contribution in [0, 0.1) is 0 Å². The lowest BCUT2D eigenvalue weighted by molar-refractivity contribution is -0.140. The fraction of sp³-hybridized carbons (Fsp3) is 0.188. The van der Waals surface area contributed by atoms with Crippen LogP contribution in [0.25, 0.3) is 10.9 Å². The molecule has 1 atom stereocenters. The Labute approximate surface area is 149 Å². The lowest BCUT2D eigenvalue weighted by atomic mass is 10.2. The van der Waals surface area contributed by atoms with E-state index in [-0.39, 0.29) is 16.7 Å². The van der Waals surface area contributed by atoms with Crippen molar-refractivity contribution >= 4 is 28.5 Å². The zero-order chi connectivity index (χ0) is 19.1. The Morgan fingerprint density at radius 2 is 2.04 bits per heavy atom. The number of aliphatic carboxylic acids is 1. The molecular formula is C16H11ClF3N3O3. The van der Waals surface area contributed by atoms with E-state index in [0.717, 1.165) is 6.07 Å². The van der Waals surface area contributed by atoms with Crippen LogP contribution in [-0.4, -0.2) is 25.8 Å². The van der Waals surface area contributed by atoms with E-state index in [4.69, 9.17) is 21.4 Å². The highest BCUT2D eigenvalue weighted by molar-refractivity contribution is 6.31. The van der Waals surface area contributed by atoms with Gasteiger partial charge in [-0.25, -0.2) is 9.78 Å². The molecule has 0 amide bonds. The molecule has 2 heterocycles. The summed E-state index contributed by atoms with van der Waals surface area (Å²) in [7, 11) is 0. The van der Waals surface area contributed by atoms with Crippen molar-refractivity contribution in [2.45, 2.75) is 19.1 Å². The Morgan fingerprint density at radius 1 is 1.31 bits per heavy atom. The number of hydrogen-bond donors (Lipinski definition) is 1. The highest BCUT2D eigenvalue weighted by Gasteiger charge is 2.31. The number of aromatic nitrogens is 3. The first kappa shape index (κ1) is 18.0. The van der Waals surface area contributed by atoms with Crippen molar-refractivity contribution in [3.8, 4) is 11.6 Å². The second-order valence-corrected chi connectivity index (χ2v) is 5.84. The number of rotatable bonds is 4. The minimum absolute atomic E-state index is 0.198. The number of carbonyl (C=O) groups is 1. The third-order valence-electron chi connectivity index (χ3n) is 3.64. The number of hydrogen-bond acceptors (Lipinski definition) is 4. The molecule has 2 aromatic heterocycles. The van der Waals surface area contributed by atoms with Gasteiger partial charge >= 0.3 is 12.1 Å². The number of halogens is 4. The number of nitrogens with zero attached hydrogens (tertiary/aromatic N) is 3. The SMILES string of the molecule is CC(C(=O)O)n1ncc2ccc(Oc3ncc(C(F)(F)F)cc3Cl)cc21. The van der Waals surface area contributed by atoms with Crippen molar-refractivity contribution in [1.29, 1.82) is 0 Å². The Kier molecular flexibility index (Phi) is 4.49. The average molecular weight is 386 g/mol. The molecule has 136 valence electrons. The minimum atomic E-state index is -4.56. The number of alkyl halides is 3. The second kappa shape index (κ2) is 6.49. The maximum Gasteiger partial charge on any atom is 0.417 e. The molecule has 0 bridgehead atoms. The first-order valence-corrected chi connectivity index (χ1v) is 7.65. The number of benzene rings is 1. The van der Waals surface area contributed by atoms with Crippen molar-refractivity contribution in [2.75, 3.05) is 0 Å². The molecule has 0 saturated carbocycles. The first-order chi connectivity index (χ1) is 12.2. The summed E-state index contributed by atoms with van der Waals surface area (Å²) >= 11 is 5.82. The van der Waals surface area contributed by atoms with Crippen LogP contribution in [0.5, 0.6) is 11.6 Å². The molecule has 0 fully saturated rings.